The number of carbonyl (C=O) groups is 2. The summed E-state index contributed by atoms with van der Waals surface area (Å²) in [5.74, 6) is -0.328. The fraction of sp³-hybridized carbons (Fsp3) is 0.897. The zero-order chi connectivity index (χ0) is 32.2. The van der Waals surface area contributed by atoms with Crippen LogP contribution in [-0.2, 0) is 19.1 Å². The van der Waals surface area contributed by atoms with Crippen LogP contribution in [0.3, 0.4) is 0 Å². The van der Waals surface area contributed by atoms with Gasteiger partial charge in [0.05, 0.1) is 0 Å². The zero-order valence-electron chi connectivity index (χ0n) is 29.4. The summed E-state index contributed by atoms with van der Waals surface area (Å²) < 4.78 is 11.6. The monoisotopic (exact) mass is 732 g/mol. The van der Waals surface area contributed by atoms with Gasteiger partial charge in [0.25, 0.3) is 0 Å². The molecule has 4 nitrogen and oxygen atoms in total. The van der Waals surface area contributed by atoms with Crippen LogP contribution in [0.15, 0.2) is 12.2 Å². The molecule has 0 aliphatic rings. The summed E-state index contributed by atoms with van der Waals surface area (Å²) in [4.78, 5) is 24.4. The Labute approximate surface area is 288 Å². The second-order valence-corrected chi connectivity index (χ2v) is 13.9. The molecule has 0 aromatic rings. The predicted octanol–water partition coefficient (Wildman–Crippen LogP) is 13.2. The molecular weight excluding hydrogens is 659 g/mol. The van der Waals surface area contributed by atoms with Gasteiger partial charge in [0.15, 0.2) is 0 Å². The number of hydrogen-bond donors (Lipinski definition) is 0. The Balaban J connectivity index is 3.53. The van der Waals surface area contributed by atoms with Crippen LogP contribution in [0.2, 0.25) is 0 Å². The molecule has 0 aliphatic carbocycles. The van der Waals surface area contributed by atoms with Gasteiger partial charge in [-0.1, -0.05) is 190 Å². The van der Waals surface area contributed by atoms with E-state index in [1.165, 1.54) is 154 Å². The van der Waals surface area contributed by atoms with Crippen LogP contribution >= 0.6 is 22.6 Å². The molecule has 0 fully saturated rings. The SMILES string of the molecule is CCCCCCCC/C=C\CCCCCCCC(=O)O[C@H](CI)COC(=O)CCCCCCCCCCCCCCCCC. The van der Waals surface area contributed by atoms with Gasteiger partial charge in [-0.2, -0.15) is 0 Å². The molecule has 260 valence electrons. The van der Waals surface area contributed by atoms with Crippen molar-refractivity contribution in [2.24, 2.45) is 0 Å². The van der Waals surface area contributed by atoms with Gasteiger partial charge >= 0.3 is 11.9 Å². The first-order chi connectivity index (χ1) is 21.6. The van der Waals surface area contributed by atoms with Crippen molar-refractivity contribution in [1.82, 2.24) is 0 Å². The quantitative estimate of drug-likeness (QED) is 0.0214. The fourth-order valence-electron chi connectivity index (χ4n) is 5.59. The molecule has 0 radical (unpaired) electrons. The minimum atomic E-state index is -0.337. The highest BCUT2D eigenvalue weighted by molar-refractivity contribution is 14.1. The highest BCUT2D eigenvalue weighted by Gasteiger charge is 2.15. The van der Waals surface area contributed by atoms with Gasteiger partial charge in [-0.3, -0.25) is 9.59 Å². The largest absolute Gasteiger partial charge is 0.462 e. The third-order valence-corrected chi connectivity index (χ3v) is 9.51. The fourth-order valence-corrected chi connectivity index (χ4v) is 6.03. The van der Waals surface area contributed by atoms with Crippen LogP contribution in [0.5, 0.6) is 0 Å². The molecule has 1 atom stereocenters. The smallest absolute Gasteiger partial charge is 0.306 e. The lowest BCUT2D eigenvalue weighted by atomic mass is 10.0. The van der Waals surface area contributed by atoms with Gasteiger partial charge < -0.3 is 9.47 Å². The summed E-state index contributed by atoms with van der Waals surface area (Å²) in [6.07, 6.45) is 41.2. The number of alkyl halides is 1. The van der Waals surface area contributed by atoms with Gasteiger partial charge in [0, 0.05) is 17.3 Å². The van der Waals surface area contributed by atoms with Crippen molar-refractivity contribution in [3.05, 3.63) is 12.2 Å². The molecule has 0 saturated carbocycles. The van der Waals surface area contributed by atoms with E-state index < -0.39 is 0 Å². The Morgan fingerprint density at radius 3 is 1.23 bits per heavy atom. The van der Waals surface area contributed by atoms with Gasteiger partial charge in [-0.25, -0.2) is 0 Å². The number of rotatable bonds is 35. The highest BCUT2D eigenvalue weighted by Crippen LogP contribution is 2.15. The van der Waals surface area contributed by atoms with Gasteiger partial charge in [-0.15, -0.1) is 0 Å². The summed E-state index contributed by atoms with van der Waals surface area (Å²) in [7, 11) is 0. The molecule has 0 bridgehead atoms. The molecule has 5 heteroatoms. The summed E-state index contributed by atoms with van der Waals surface area (Å²) >= 11 is 2.20. The second kappa shape index (κ2) is 36.9. The molecule has 0 saturated heterocycles. The molecule has 0 heterocycles. The van der Waals surface area contributed by atoms with E-state index in [2.05, 4.69) is 48.6 Å². The van der Waals surface area contributed by atoms with E-state index in [9.17, 15) is 9.59 Å². The molecule has 0 unspecified atom stereocenters. The molecule has 0 aromatic carbocycles. The molecule has 0 rings (SSSR count). The molecule has 0 aromatic heterocycles. The number of esters is 2. The van der Waals surface area contributed by atoms with Crippen molar-refractivity contribution in [3.8, 4) is 0 Å². The van der Waals surface area contributed by atoms with Crippen LogP contribution in [-0.4, -0.2) is 29.1 Å². The number of ether oxygens (including phenoxy) is 2. The normalized spacial score (nSPS) is 12.2. The molecule has 0 spiro atoms. The van der Waals surface area contributed by atoms with Gasteiger partial charge in [0.1, 0.15) is 12.7 Å². The topological polar surface area (TPSA) is 52.6 Å². The number of unbranched alkanes of at least 4 members (excludes halogenated alkanes) is 25. The van der Waals surface area contributed by atoms with Crippen molar-refractivity contribution in [2.75, 3.05) is 11.0 Å². The maximum Gasteiger partial charge on any atom is 0.306 e. The van der Waals surface area contributed by atoms with Crippen molar-refractivity contribution in [1.29, 1.82) is 0 Å². The van der Waals surface area contributed by atoms with Crippen LogP contribution in [0.1, 0.15) is 206 Å². The molecule has 0 N–H and O–H groups in total. The Morgan fingerprint density at radius 1 is 0.500 bits per heavy atom. The van der Waals surface area contributed by atoms with Crippen molar-refractivity contribution in [2.45, 2.75) is 213 Å². The minimum absolute atomic E-state index is 0.164. The highest BCUT2D eigenvalue weighted by atomic mass is 127. The predicted molar refractivity (Wildman–Crippen MR) is 199 cm³/mol. The lowest BCUT2D eigenvalue weighted by Gasteiger charge is -2.15. The Hall–Kier alpha value is -0.590. The van der Waals surface area contributed by atoms with E-state index in [1.807, 2.05) is 0 Å². The van der Waals surface area contributed by atoms with E-state index >= 15 is 0 Å². The first-order valence-electron chi connectivity index (χ1n) is 19.2. The van der Waals surface area contributed by atoms with E-state index in [1.54, 1.807) is 0 Å². The lowest BCUT2D eigenvalue weighted by Crippen LogP contribution is -2.26. The maximum absolute atomic E-state index is 12.2. The molecular formula is C39H73IO4. The second-order valence-electron chi connectivity index (χ2n) is 13.0. The van der Waals surface area contributed by atoms with Crippen LogP contribution < -0.4 is 0 Å². The van der Waals surface area contributed by atoms with Gasteiger partial charge in [0.2, 0.25) is 0 Å². The van der Waals surface area contributed by atoms with Crippen molar-refractivity contribution < 1.29 is 19.1 Å². The Morgan fingerprint density at radius 2 is 0.841 bits per heavy atom. The maximum atomic E-state index is 12.2. The van der Waals surface area contributed by atoms with E-state index in [0.717, 1.165) is 25.7 Å². The summed E-state index contributed by atoms with van der Waals surface area (Å²) in [5.41, 5.74) is 0. The zero-order valence-corrected chi connectivity index (χ0v) is 31.5. The lowest BCUT2D eigenvalue weighted by molar-refractivity contribution is -0.157. The van der Waals surface area contributed by atoms with E-state index in [0.29, 0.717) is 17.3 Å². The van der Waals surface area contributed by atoms with Crippen molar-refractivity contribution >= 4 is 34.5 Å². The average Bonchev–Trinajstić information content (AvgIpc) is 3.02. The summed E-state index contributed by atoms with van der Waals surface area (Å²) in [6, 6.07) is 0. The first kappa shape index (κ1) is 43.4. The molecule has 0 aliphatic heterocycles. The van der Waals surface area contributed by atoms with Crippen LogP contribution in [0.4, 0.5) is 0 Å². The van der Waals surface area contributed by atoms with Crippen LogP contribution in [0.25, 0.3) is 0 Å². The van der Waals surface area contributed by atoms with Gasteiger partial charge in [-0.05, 0) is 38.5 Å². The first-order valence-corrected chi connectivity index (χ1v) is 20.7. The summed E-state index contributed by atoms with van der Waals surface area (Å²) in [6.45, 7) is 4.72. The molecule has 0 amide bonds. The Kier molecular flexibility index (Phi) is 36.4. The number of allylic oxidation sites excluding steroid dienone is 2. The standard InChI is InChI=1S/C39H73IO4/c1-3-5-7-9-11-13-15-17-19-21-23-25-27-29-31-33-38(41)43-36-37(35-40)44-39(42)34-32-30-28-26-24-22-20-18-16-14-12-10-8-6-4-2/h18,20,37H,3-17,19,21-36H2,1-2H3/b20-18-/t37-/m1/s1. The molecule has 44 heavy (non-hydrogen) atoms. The Bertz CT molecular complexity index is 636. The minimum Gasteiger partial charge on any atom is -0.462 e. The third-order valence-electron chi connectivity index (χ3n) is 8.53. The number of carbonyl (C=O) groups excluding carboxylic acids is 2. The van der Waals surface area contributed by atoms with E-state index in [-0.39, 0.29) is 24.6 Å². The number of hydrogen-bond acceptors (Lipinski definition) is 4. The average molecular weight is 733 g/mol. The third kappa shape index (κ3) is 34.3. The van der Waals surface area contributed by atoms with E-state index in [4.69, 9.17) is 9.47 Å². The number of halogens is 1. The van der Waals surface area contributed by atoms with Crippen molar-refractivity contribution in [3.63, 3.8) is 0 Å². The van der Waals surface area contributed by atoms with Crippen LogP contribution in [0, 0.1) is 0 Å². The summed E-state index contributed by atoms with van der Waals surface area (Å²) in [5, 5.41) is 0.